The molecule has 1 atom stereocenters. The number of carbonyl (C=O) groups excluding carboxylic acids is 1. The molecule has 1 aromatic rings. The number of carbonyl (C=O) groups is 2. The van der Waals surface area contributed by atoms with Crippen LogP contribution in [-0.4, -0.2) is 22.3 Å². The minimum atomic E-state index is -0.990. The summed E-state index contributed by atoms with van der Waals surface area (Å²) in [4.78, 5) is 24.6. The van der Waals surface area contributed by atoms with Crippen LogP contribution in [0.4, 0.5) is 0 Å². The van der Waals surface area contributed by atoms with Gasteiger partial charge in [0.1, 0.15) is 5.69 Å². The Kier molecular flexibility index (Phi) is 3.30. The number of carboxylic acid groups (broad SMARTS) is 1. The first kappa shape index (κ1) is 10.3. The number of aliphatic carboxylic acids is 1. The van der Waals surface area contributed by atoms with E-state index in [4.69, 9.17) is 10.8 Å². The molecule has 1 aromatic heterocycles. The Morgan fingerprint density at radius 3 is 2.93 bits per heavy atom. The molecule has 0 fully saturated rings. The van der Waals surface area contributed by atoms with Crippen molar-refractivity contribution >= 4 is 12.3 Å². The van der Waals surface area contributed by atoms with Crippen molar-refractivity contribution in [3.63, 3.8) is 0 Å². The molecule has 0 aromatic carbocycles. The molecule has 5 heteroatoms. The third kappa shape index (κ3) is 2.63. The highest BCUT2D eigenvalue weighted by molar-refractivity contribution is 5.71. The van der Waals surface area contributed by atoms with Crippen molar-refractivity contribution in [2.45, 2.75) is 12.5 Å². The van der Waals surface area contributed by atoms with Gasteiger partial charge in [-0.25, -0.2) is 4.98 Å². The molecule has 0 aliphatic rings. The van der Waals surface area contributed by atoms with Crippen LogP contribution in [-0.2, 0) is 4.79 Å². The minimum Gasteiger partial charge on any atom is -0.481 e. The minimum absolute atomic E-state index is 0.199. The Bertz CT molecular complexity index is 352. The largest absolute Gasteiger partial charge is 0.481 e. The van der Waals surface area contributed by atoms with Crippen LogP contribution >= 0.6 is 0 Å². The molecule has 0 radical (unpaired) electrons. The van der Waals surface area contributed by atoms with Gasteiger partial charge in [-0.2, -0.15) is 0 Å². The molecular formula is C9H10N2O3. The predicted octanol–water partition coefficient (Wildman–Crippen LogP) is 0.369. The molecule has 0 aliphatic carbocycles. The third-order valence-corrected chi connectivity index (χ3v) is 1.69. The lowest BCUT2D eigenvalue weighted by Crippen LogP contribution is -2.16. The van der Waals surface area contributed by atoms with Gasteiger partial charge in [-0.1, -0.05) is 6.07 Å². The molecule has 0 aliphatic heterocycles. The summed E-state index contributed by atoms with van der Waals surface area (Å²) in [6.07, 6.45) is 0.395. The van der Waals surface area contributed by atoms with Crippen molar-refractivity contribution in [1.29, 1.82) is 0 Å². The lowest BCUT2D eigenvalue weighted by atomic mass is 10.1. The number of hydrogen-bond donors (Lipinski definition) is 2. The zero-order chi connectivity index (χ0) is 10.6. The van der Waals surface area contributed by atoms with E-state index in [2.05, 4.69) is 4.98 Å². The van der Waals surface area contributed by atoms with Crippen LogP contribution in [0.5, 0.6) is 0 Å². The number of rotatable bonds is 4. The highest BCUT2D eigenvalue weighted by Crippen LogP contribution is 2.10. The number of pyridine rings is 1. The molecule has 14 heavy (non-hydrogen) atoms. The van der Waals surface area contributed by atoms with Gasteiger partial charge < -0.3 is 10.8 Å². The van der Waals surface area contributed by atoms with E-state index >= 15 is 0 Å². The summed E-state index contributed by atoms with van der Waals surface area (Å²) in [5.74, 6) is -0.990. The molecule has 5 nitrogen and oxygen atoms in total. The summed E-state index contributed by atoms with van der Waals surface area (Å²) in [7, 11) is 0. The average molecular weight is 194 g/mol. The Morgan fingerprint density at radius 2 is 2.36 bits per heavy atom. The van der Waals surface area contributed by atoms with Gasteiger partial charge in [-0.15, -0.1) is 0 Å². The molecule has 74 valence electrons. The number of aldehydes is 1. The molecule has 0 spiro atoms. The van der Waals surface area contributed by atoms with Crippen LogP contribution in [0.25, 0.3) is 0 Å². The van der Waals surface area contributed by atoms with Gasteiger partial charge >= 0.3 is 5.97 Å². The summed E-state index contributed by atoms with van der Waals surface area (Å²) in [6.45, 7) is 0. The lowest BCUT2D eigenvalue weighted by molar-refractivity contribution is -0.137. The average Bonchev–Trinajstić information content (AvgIpc) is 2.17. The fraction of sp³-hybridized carbons (Fsp3) is 0.222. The molecule has 0 amide bonds. The van der Waals surface area contributed by atoms with E-state index < -0.39 is 12.0 Å². The monoisotopic (exact) mass is 194 g/mol. The van der Waals surface area contributed by atoms with Crippen LogP contribution in [0, 0.1) is 0 Å². The van der Waals surface area contributed by atoms with Gasteiger partial charge in [-0.3, -0.25) is 9.59 Å². The molecule has 1 heterocycles. The van der Waals surface area contributed by atoms with Gasteiger partial charge in [0, 0.05) is 0 Å². The smallest absolute Gasteiger partial charge is 0.305 e. The second kappa shape index (κ2) is 4.48. The van der Waals surface area contributed by atoms with Crippen LogP contribution in [0.3, 0.4) is 0 Å². The molecular weight excluding hydrogens is 184 g/mol. The maximum Gasteiger partial charge on any atom is 0.305 e. The first-order valence-corrected chi connectivity index (χ1v) is 4.03. The SMILES string of the molecule is NC(CC(=O)O)c1cccc(C=O)n1. The number of aromatic nitrogens is 1. The van der Waals surface area contributed by atoms with Crippen molar-refractivity contribution in [1.82, 2.24) is 4.98 Å². The van der Waals surface area contributed by atoms with Crippen molar-refractivity contribution < 1.29 is 14.7 Å². The van der Waals surface area contributed by atoms with Crippen LogP contribution in [0.1, 0.15) is 28.6 Å². The zero-order valence-electron chi connectivity index (χ0n) is 7.38. The molecule has 1 unspecified atom stereocenters. The van der Waals surface area contributed by atoms with E-state index in [0.717, 1.165) is 0 Å². The van der Waals surface area contributed by atoms with Crippen LogP contribution in [0.15, 0.2) is 18.2 Å². The Labute approximate surface area is 80.6 Å². The first-order chi connectivity index (χ1) is 6.63. The quantitative estimate of drug-likeness (QED) is 0.675. The third-order valence-electron chi connectivity index (χ3n) is 1.69. The molecule has 0 saturated heterocycles. The maximum absolute atomic E-state index is 10.4. The van der Waals surface area contributed by atoms with E-state index in [-0.39, 0.29) is 12.1 Å². The van der Waals surface area contributed by atoms with Gasteiger partial charge in [0.25, 0.3) is 0 Å². The number of nitrogens with two attached hydrogens (primary N) is 1. The maximum atomic E-state index is 10.4. The van der Waals surface area contributed by atoms with Gasteiger partial charge in [0.05, 0.1) is 18.2 Å². The topological polar surface area (TPSA) is 93.3 Å². The number of nitrogens with zero attached hydrogens (tertiary/aromatic N) is 1. The van der Waals surface area contributed by atoms with E-state index in [1.54, 1.807) is 12.1 Å². The zero-order valence-corrected chi connectivity index (χ0v) is 7.38. The number of carboxylic acids is 1. The Hall–Kier alpha value is -1.75. The fourth-order valence-corrected chi connectivity index (χ4v) is 1.03. The first-order valence-electron chi connectivity index (χ1n) is 4.03. The highest BCUT2D eigenvalue weighted by Gasteiger charge is 2.11. The highest BCUT2D eigenvalue weighted by atomic mass is 16.4. The Balaban J connectivity index is 2.83. The van der Waals surface area contributed by atoms with Crippen molar-refractivity contribution in [2.75, 3.05) is 0 Å². The second-order valence-corrected chi connectivity index (χ2v) is 2.81. The van der Waals surface area contributed by atoms with Crippen LogP contribution in [0.2, 0.25) is 0 Å². The predicted molar refractivity (Wildman–Crippen MR) is 48.8 cm³/mol. The molecule has 0 bridgehead atoms. The fourth-order valence-electron chi connectivity index (χ4n) is 1.03. The standard InChI is InChI=1S/C9H10N2O3/c10-7(4-9(13)14)8-3-1-2-6(5-12)11-8/h1-3,5,7H,4,10H2,(H,13,14). The van der Waals surface area contributed by atoms with E-state index in [9.17, 15) is 9.59 Å². The second-order valence-electron chi connectivity index (χ2n) is 2.81. The summed E-state index contributed by atoms with van der Waals surface area (Å²) < 4.78 is 0. The number of hydrogen-bond acceptors (Lipinski definition) is 4. The van der Waals surface area contributed by atoms with E-state index in [0.29, 0.717) is 12.0 Å². The lowest BCUT2D eigenvalue weighted by Gasteiger charge is -2.07. The van der Waals surface area contributed by atoms with Gasteiger partial charge in [0.15, 0.2) is 6.29 Å². The van der Waals surface area contributed by atoms with Gasteiger partial charge in [-0.05, 0) is 12.1 Å². The van der Waals surface area contributed by atoms with Crippen molar-refractivity contribution in [3.8, 4) is 0 Å². The summed E-state index contributed by atoms with van der Waals surface area (Å²) in [5.41, 5.74) is 6.23. The Morgan fingerprint density at radius 1 is 1.64 bits per heavy atom. The normalized spacial score (nSPS) is 12.1. The van der Waals surface area contributed by atoms with E-state index in [1.807, 2.05) is 0 Å². The summed E-state index contributed by atoms with van der Waals surface area (Å²) in [6, 6.07) is 4.07. The summed E-state index contributed by atoms with van der Waals surface area (Å²) in [5, 5.41) is 8.49. The molecule has 1 rings (SSSR count). The van der Waals surface area contributed by atoms with Crippen LogP contribution < -0.4 is 5.73 Å². The summed E-state index contributed by atoms with van der Waals surface area (Å²) >= 11 is 0. The molecule has 3 N–H and O–H groups in total. The molecule has 0 saturated carbocycles. The van der Waals surface area contributed by atoms with Crippen molar-refractivity contribution in [2.24, 2.45) is 5.73 Å². The van der Waals surface area contributed by atoms with Crippen molar-refractivity contribution in [3.05, 3.63) is 29.6 Å². The van der Waals surface area contributed by atoms with Gasteiger partial charge in [0.2, 0.25) is 0 Å². The van der Waals surface area contributed by atoms with E-state index in [1.165, 1.54) is 6.07 Å².